The molecule has 0 bridgehead atoms. The Morgan fingerprint density at radius 2 is 1.94 bits per heavy atom. The molecule has 88 valence electrons. The zero-order valence-electron chi connectivity index (χ0n) is 10.0. The molecule has 1 aromatic carbocycles. The van der Waals surface area contributed by atoms with Gasteiger partial charge in [-0.15, -0.1) is 0 Å². The Morgan fingerprint density at radius 1 is 1.19 bits per heavy atom. The maximum Gasteiger partial charge on any atom is 0.251 e. The molecule has 0 heterocycles. The Morgan fingerprint density at radius 3 is 2.62 bits per heavy atom. The molecular weight excluding hydrogens is 200 g/mol. The second kappa shape index (κ2) is 7.01. The number of hydrogen-bond acceptors (Lipinski definition) is 2. The highest BCUT2D eigenvalue weighted by Gasteiger charge is 2.08. The summed E-state index contributed by atoms with van der Waals surface area (Å²) in [7, 11) is 0. The minimum atomic E-state index is 0.0235. The van der Waals surface area contributed by atoms with Crippen molar-refractivity contribution in [3.05, 3.63) is 35.4 Å². The molecule has 2 N–H and O–H groups in total. The maximum absolute atomic E-state index is 11.8. The third kappa shape index (κ3) is 3.66. The number of rotatable bonds is 6. The molecule has 0 unspecified atom stereocenters. The largest absolute Gasteiger partial charge is 0.351 e. The predicted octanol–water partition coefficient (Wildman–Crippen LogP) is 1.59. The normalized spacial score (nSPS) is 10.1. The Labute approximate surface area is 97.2 Å². The first-order valence-corrected chi connectivity index (χ1v) is 5.86. The van der Waals surface area contributed by atoms with E-state index in [0.717, 1.165) is 30.6 Å². The van der Waals surface area contributed by atoms with Gasteiger partial charge in [0.15, 0.2) is 0 Å². The lowest BCUT2D eigenvalue weighted by atomic mass is 10.0. The molecular formula is C13H20N2O. The van der Waals surface area contributed by atoms with E-state index in [2.05, 4.69) is 17.6 Å². The van der Waals surface area contributed by atoms with E-state index in [9.17, 15) is 4.79 Å². The molecule has 0 radical (unpaired) electrons. The number of hydrogen-bond donors (Lipinski definition) is 2. The highest BCUT2D eigenvalue weighted by molar-refractivity contribution is 5.95. The van der Waals surface area contributed by atoms with Crippen LogP contribution in [0.3, 0.4) is 0 Å². The van der Waals surface area contributed by atoms with Crippen LogP contribution in [0.25, 0.3) is 0 Å². The average Bonchev–Trinajstić information content (AvgIpc) is 2.34. The molecule has 0 saturated carbocycles. The van der Waals surface area contributed by atoms with Crippen LogP contribution < -0.4 is 10.6 Å². The molecule has 16 heavy (non-hydrogen) atoms. The van der Waals surface area contributed by atoms with Crippen LogP contribution in [0.1, 0.15) is 29.8 Å². The molecule has 0 spiro atoms. The van der Waals surface area contributed by atoms with Crippen LogP contribution in [0, 0.1) is 0 Å². The molecule has 0 aliphatic heterocycles. The zero-order chi connectivity index (χ0) is 11.8. The van der Waals surface area contributed by atoms with Crippen LogP contribution in [0.5, 0.6) is 0 Å². The molecule has 0 atom stereocenters. The molecule has 1 amide bonds. The second-order valence-corrected chi connectivity index (χ2v) is 3.62. The van der Waals surface area contributed by atoms with Crippen molar-refractivity contribution >= 4 is 5.91 Å². The maximum atomic E-state index is 11.8. The molecule has 0 fully saturated rings. The van der Waals surface area contributed by atoms with Crippen molar-refractivity contribution in [2.75, 3.05) is 19.6 Å². The molecule has 0 aliphatic rings. The number of carbonyl (C=O) groups is 1. The van der Waals surface area contributed by atoms with Crippen molar-refractivity contribution in [3.8, 4) is 0 Å². The summed E-state index contributed by atoms with van der Waals surface area (Å²) < 4.78 is 0. The van der Waals surface area contributed by atoms with Gasteiger partial charge in [-0.3, -0.25) is 4.79 Å². The van der Waals surface area contributed by atoms with Crippen LogP contribution in [-0.4, -0.2) is 25.5 Å². The van der Waals surface area contributed by atoms with Gasteiger partial charge in [-0.25, -0.2) is 0 Å². The number of amides is 1. The molecule has 3 nitrogen and oxygen atoms in total. The van der Waals surface area contributed by atoms with Gasteiger partial charge in [-0.2, -0.15) is 0 Å². The molecule has 0 aliphatic carbocycles. The summed E-state index contributed by atoms with van der Waals surface area (Å²) in [4.78, 5) is 11.8. The molecule has 0 saturated heterocycles. The van der Waals surface area contributed by atoms with E-state index in [4.69, 9.17) is 0 Å². The van der Waals surface area contributed by atoms with Crippen LogP contribution in [-0.2, 0) is 6.42 Å². The lowest BCUT2D eigenvalue weighted by molar-refractivity contribution is 0.0953. The van der Waals surface area contributed by atoms with Gasteiger partial charge in [-0.05, 0) is 24.6 Å². The highest BCUT2D eigenvalue weighted by Crippen LogP contribution is 2.08. The number of nitrogens with one attached hydrogen (secondary N) is 2. The highest BCUT2D eigenvalue weighted by atomic mass is 16.1. The van der Waals surface area contributed by atoms with E-state index >= 15 is 0 Å². The van der Waals surface area contributed by atoms with E-state index < -0.39 is 0 Å². The van der Waals surface area contributed by atoms with E-state index in [1.165, 1.54) is 0 Å². The number of benzene rings is 1. The average molecular weight is 220 g/mol. The summed E-state index contributed by atoms with van der Waals surface area (Å²) in [5.41, 5.74) is 1.89. The summed E-state index contributed by atoms with van der Waals surface area (Å²) in [5.74, 6) is 0.0235. The van der Waals surface area contributed by atoms with E-state index in [0.29, 0.717) is 6.54 Å². The van der Waals surface area contributed by atoms with Crippen molar-refractivity contribution in [3.63, 3.8) is 0 Å². The second-order valence-electron chi connectivity index (χ2n) is 3.62. The lowest BCUT2D eigenvalue weighted by Crippen LogP contribution is -2.32. The zero-order valence-corrected chi connectivity index (χ0v) is 10.0. The Hall–Kier alpha value is -1.35. The first-order valence-electron chi connectivity index (χ1n) is 5.86. The fourth-order valence-electron chi connectivity index (χ4n) is 1.59. The summed E-state index contributed by atoms with van der Waals surface area (Å²) in [6.07, 6.45) is 0.886. The predicted molar refractivity (Wildman–Crippen MR) is 66.7 cm³/mol. The Kier molecular flexibility index (Phi) is 5.57. The van der Waals surface area contributed by atoms with Gasteiger partial charge in [0.25, 0.3) is 5.91 Å². The summed E-state index contributed by atoms with van der Waals surface area (Å²) in [5, 5.41) is 6.08. The monoisotopic (exact) mass is 220 g/mol. The van der Waals surface area contributed by atoms with Crippen molar-refractivity contribution < 1.29 is 4.79 Å². The van der Waals surface area contributed by atoms with Crippen molar-refractivity contribution in [2.24, 2.45) is 0 Å². The van der Waals surface area contributed by atoms with Gasteiger partial charge in [0.05, 0.1) is 0 Å². The van der Waals surface area contributed by atoms with Gasteiger partial charge in [0, 0.05) is 18.7 Å². The fourth-order valence-corrected chi connectivity index (χ4v) is 1.59. The van der Waals surface area contributed by atoms with Crippen molar-refractivity contribution in [1.82, 2.24) is 10.6 Å². The molecule has 3 heteroatoms. The molecule has 1 rings (SSSR count). The Bertz CT molecular complexity index is 336. The van der Waals surface area contributed by atoms with Gasteiger partial charge >= 0.3 is 0 Å². The minimum Gasteiger partial charge on any atom is -0.351 e. The Balaban J connectivity index is 2.52. The van der Waals surface area contributed by atoms with Crippen LogP contribution in [0.4, 0.5) is 0 Å². The smallest absolute Gasteiger partial charge is 0.251 e. The topological polar surface area (TPSA) is 41.1 Å². The lowest BCUT2D eigenvalue weighted by Gasteiger charge is -2.08. The van der Waals surface area contributed by atoms with Crippen LogP contribution >= 0.6 is 0 Å². The first kappa shape index (κ1) is 12.7. The quantitative estimate of drug-likeness (QED) is 0.715. The standard InChI is InChI=1S/C13H20N2O/c1-3-11-7-5-6-8-12(11)13(16)15-10-9-14-4-2/h5-8,14H,3-4,9-10H2,1-2H3,(H,15,16). The molecule has 1 aromatic rings. The van der Waals surface area contributed by atoms with Gasteiger partial charge in [0.2, 0.25) is 0 Å². The molecule has 0 aromatic heterocycles. The van der Waals surface area contributed by atoms with E-state index in [-0.39, 0.29) is 5.91 Å². The van der Waals surface area contributed by atoms with E-state index in [1.54, 1.807) is 0 Å². The third-order valence-corrected chi connectivity index (χ3v) is 2.48. The summed E-state index contributed by atoms with van der Waals surface area (Å²) in [6, 6.07) is 7.74. The van der Waals surface area contributed by atoms with Crippen molar-refractivity contribution in [2.45, 2.75) is 20.3 Å². The van der Waals surface area contributed by atoms with Crippen LogP contribution in [0.15, 0.2) is 24.3 Å². The fraction of sp³-hybridized carbons (Fsp3) is 0.462. The number of carbonyl (C=O) groups excluding carboxylic acids is 1. The van der Waals surface area contributed by atoms with E-state index in [1.807, 2.05) is 31.2 Å². The van der Waals surface area contributed by atoms with Gasteiger partial charge < -0.3 is 10.6 Å². The summed E-state index contributed by atoms with van der Waals surface area (Å²) >= 11 is 0. The first-order chi connectivity index (χ1) is 7.79. The van der Waals surface area contributed by atoms with Gasteiger partial charge in [0.1, 0.15) is 0 Å². The van der Waals surface area contributed by atoms with Gasteiger partial charge in [-0.1, -0.05) is 32.0 Å². The minimum absolute atomic E-state index is 0.0235. The number of likely N-dealkylation sites (N-methyl/N-ethyl adjacent to an activating group) is 1. The summed E-state index contributed by atoms with van der Waals surface area (Å²) in [6.45, 7) is 6.53. The third-order valence-electron chi connectivity index (χ3n) is 2.48. The van der Waals surface area contributed by atoms with Crippen LogP contribution in [0.2, 0.25) is 0 Å². The SMILES string of the molecule is CCNCCNC(=O)c1ccccc1CC. The number of aryl methyl sites for hydroxylation is 1. The van der Waals surface area contributed by atoms with Crippen molar-refractivity contribution in [1.29, 1.82) is 0 Å².